The fourth-order valence-corrected chi connectivity index (χ4v) is 4.22. The lowest BCUT2D eigenvalue weighted by atomic mass is 9.77. The molecule has 3 atom stereocenters. The fourth-order valence-electron chi connectivity index (χ4n) is 3.94. The number of anilines is 1. The Balaban J connectivity index is 1.79. The molecule has 0 spiro atoms. The van der Waals surface area contributed by atoms with Crippen LogP contribution >= 0.6 is 11.6 Å². The summed E-state index contributed by atoms with van der Waals surface area (Å²) in [5.41, 5.74) is 3.10. The van der Waals surface area contributed by atoms with Gasteiger partial charge in [0.25, 0.3) is 5.69 Å². The molecule has 0 fully saturated rings. The van der Waals surface area contributed by atoms with Gasteiger partial charge in [0.1, 0.15) is 5.75 Å². The van der Waals surface area contributed by atoms with E-state index < -0.39 is 0 Å². The second-order valence-electron chi connectivity index (χ2n) is 6.36. The zero-order valence-corrected chi connectivity index (χ0v) is 14.4. The molecule has 0 saturated carbocycles. The molecule has 0 bridgehead atoms. The number of rotatable bonds is 3. The van der Waals surface area contributed by atoms with Crippen molar-refractivity contribution in [3.63, 3.8) is 0 Å². The second kappa shape index (κ2) is 6.08. The third-order valence-electron chi connectivity index (χ3n) is 5.11. The minimum Gasteiger partial charge on any atom is -0.495 e. The Morgan fingerprint density at radius 1 is 1.24 bits per heavy atom. The van der Waals surface area contributed by atoms with E-state index >= 15 is 0 Å². The number of halogens is 1. The largest absolute Gasteiger partial charge is 0.495 e. The zero-order valence-electron chi connectivity index (χ0n) is 13.6. The molecule has 1 N–H and O–H groups in total. The van der Waals surface area contributed by atoms with E-state index in [4.69, 9.17) is 16.3 Å². The van der Waals surface area contributed by atoms with Crippen molar-refractivity contribution in [3.8, 4) is 5.75 Å². The molecule has 128 valence electrons. The van der Waals surface area contributed by atoms with Crippen molar-refractivity contribution < 1.29 is 9.66 Å². The standard InChI is InChI=1S/C19H17ClN2O3/c1-25-16-10-9-15(20)17-13-3-2-4-14(13)18(21-19(16)17)11-5-7-12(8-6-11)22(23)24/h2-3,5-10,13-14,18,21H,4H2,1H3/t13-,14-,18-/m1/s1. The van der Waals surface area contributed by atoms with Gasteiger partial charge in [-0.3, -0.25) is 10.1 Å². The van der Waals surface area contributed by atoms with Crippen molar-refractivity contribution in [1.29, 1.82) is 0 Å². The van der Waals surface area contributed by atoms with Crippen LogP contribution in [0.5, 0.6) is 5.75 Å². The smallest absolute Gasteiger partial charge is 0.269 e. The summed E-state index contributed by atoms with van der Waals surface area (Å²) >= 11 is 6.48. The highest BCUT2D eigenvalue weighted by Crippen LogP contribution is 2.54. The normalized spacial score (nSPS) is 23.5. The second-order valence-corrected chi connectivity index (χ2v) is 6.77. The third-order valence-corrected chi connectivity index (χ3v) is 5.44. The number of nitrogens with zero attached hydrogens (tertiary/aromatic N) is 1. The van der Waals surface area contributed by atoms with Gasteiger partial charge in [-0.25, -0.2) is 0 Å². The van der Waals surface area contributed by atoms with Gasteiger partial charge in [0, 0.05) is 28.6 Å². The van der Waals surface area contributed by atoms with Gasteiger partial charge in [0.15, 0.2) is 0 Å². The molecule has 0 unspecified atom stereocenters. The van der Waals surface area contributed by atoms with E-state index in [0.717, 1.165) is 34.0 Å². The molecule has 0 aromatic heterocycles. The topological polar surface area (TPSA) is 64.4 Å². The third kappa shape index (κ3) is 2.55. The van der Waals surface area contributed by atoms with Crippen LogP contribution in [0.4, 0.5) is 11.4 Å². The summed E-state index contributed by atoms with van der Waals surface area (Å²) < 4.78 is 5.52. The van der Waals surface area contributed by atoms with Crippen molar-refractivity contribution >= 4 is 23.0 Å². The number of benzene rings is 2. The maximum Gasteiger partial charge on any atom is 0.269 e. The lowest BCUT2D eigenvalue weighted by Gasteiger charge is -2.38. The molecule has 1 heterocycles. The van der Waals surface area contributed by atoms with Crippen LogP contribution in [0.1, 0.15) is 29.5 Å². The van der Waals surface area contributed by atoms with E-state index in [-0.39, 0.29) is 22.6 Å². The monoisotopic (exact) mass is 356 g/mol. The van der Waals surface area contributed by atoms with Gasteiger partial charge in [-0.2, -0.15) is 0 Å². The molecule has 6 heteroatoms. The van der Waals surface area contributed by atoms with Crippen molar-refractivity contribution in [2.24, 2.45) is 5.92 Å². The van der Waals surface area contributed by atoms with Gasteiger partial charge >= 0.3 is 0 Å². The summed E-state index contributed by atoms with van der Waals surface area (Å²) in [6, 6.07) is 10.5. The number of nitro benzene ring substituents is 1. The van der Waals surface area contributed by atoms with Gasteiger partial charge < -0.3 is 10.1 Å². The lowest BCUT2D eigenvalue weighted by molar-refractivity contribution is -0.384. The molecule has 2 aromatic carbocycles. The van der Waals surface area contributed by atoms with Gasteiger partial charge in [-0.05, 0) is 30.0 Å². The predicted molar refractivity (Wildman–Crippen MR) is 97.5 cm³/mol. The summed E-state index contributed by atoms with van der Waals surface area (Å²) in [6.45, 7) is 0. The summed E-state index contributed by atoms with van der Waals surface area (Å²) in [6.07, 6.45) is 5.32. The van der Waals surface area contributed by atoms with Gasteiger partial charge in [-0.15, -0.1) is 0 Å². The molecular weight excluding hydrogens is 340 g/mol. The van der Waals surface area contributed by atoms with Crippen LogP contribution in [0.3, 0.4) is 0 Å². The number of allylic oxidation sites excluding steroid dienone is 2. The summed E-state index contributed by atoms with van der Waals surface area (Å²) in [4.78, 5) is 10.5. The quantitative estimate of drug-likeness (QED) is 0.473. The van der Waals surface area contributed by atoms with E-state index in [9.17, 15) is 10.1 Å². The Morgan fingerprint density at radius 2 is 2.00 bits per heavy atom. The Kier molecular flexibility index (Phi) is 3.88. The van der Waals surface area contributed by atoms with E-state index in [1.54, 1.807) is 19.2 Å². The number of fused-ring (bicyclic) bond motifs is 3. The fraction of sp³-hybridized carbons (Fsp3) is 0.263. The van der Waals surface area contributed by atoms with E-state index in [0.29, 0.717) is 5.92 Å². The van der Waals surface area contributed by atoms with Crippen LogP contribution in [0.2, 0.25) is 5.02 Å². The Bertz CT molecular complexity index is 864. The van der Waals surface area contributed by atoms with Crippen molar-refractivity contribution in [3.05, 3.63) is 74.8 Å². The van der Waals surface area contributed by atoms with Crippen LogP contribution in [-0.4, -0.2) is 12.0 Å². The van der Waals surface area contributed by atoms with Crippen LogP contribution in [0.25, 0.3) is 0 Å². The zero-order chi connectivity index (χ0) is 17.6. The average Bonchev–Trinajstić information content (AvgIpc) is 3.11. The summed E-state index contributed by atoms with van der Waals surface area (Å²) in [5, 5.41) is 15.2. The molecule has 0 amide bonds. The first kappa shape index (κ1) is 16.0. The van der Waals surface area contributed by atoms with Crippen LogP contribution < -0.4 is 10.1 Å². The number of methoxy groups -OCH3 is 1. The summed E-state index contributed by atoms with van der Waals surface area (Å²) in [7, 11) is 1.64. The number of nitrogens with one attached hydrogen (secondary N) is 1. The molecule has 0 radical (unpaired) electrons. The van der Waals surface area contributed by atoms with Crippen LogP contribution in [0.15, 0.2) is 48.6 Å². The minimum atomic E-state index is -0.379. The van der Waals surface area contributed by atoms with Crippen molar-refractivity contribution in [2.75, 3.05) is 12.4 Å². The molecule has 25 heavy (non-hydrogen) atoms. The average molecular weight is 357 g/mol. The van der Waals surface area contributed by atoms with Crippen molar-refractivity contribution in [2.45, 2.75) is 18.4 Å². The maximum absolute atomic E-state index is 10.9. The molecule has 5 nitrogen and oxygen atoms in total. The van der Waals surface area contributed by atoms with Gasteiger partial charge in [0.05, 0.1) is 23.8 Å². The van der Waals surface area contributed by atoms with Crippen LogP contribution in [0, 0.1) is 16.0 Å². The van der Waals surface area contributed by atoms with Gasteiger partial charge in [0.2, 0.25) is 0 Å². The highest BCUT2D eigenvalue weighted by atomic mass is 35.5. The van der Waals surface area contributed by atoms with Crippen molar-refractivity contribution in [1.82, 2.24) is 0 Å². The molecule has 4 rings (SSSR count). The molecule has 1 aliphatic heterocycles. The number of non-ortho nitro benzene ring substituents is 1. The molecule has 1 aliphatic carbocycles. The first-order valence-corrected chi connectivity index (χ1v) is 8.52. The SMILES string of the molecule is COc1ccc(Cl)c2c1N[C@H](c1ccc([N+](=O)[O-])cc1)[C@@H]1CC=C[C@@H]21. The number of ether oxygens (including phenoxy) is 1. The number of nitro groups is 1. The highest BCUT2D eigenvalue weighted by Gasteiger charge is 2.40. The van der Waals surface area contributed by atoms with E-state index in [1.165, 1.54) is 0 Å². The molecule has 2 aliphatic rings. The van der Waals surface area contributed by atoms with E-state index in [2.05, 4.69) is 17.5 Å². The minimum absolute atomic E-state index is 0.0423. The first-order chi connectivity index (χ1) is 12.1. The molecule has 0 saturated heterocycles. The Labute approximate surface area is 150 Å². The molecule has 2 aromatic rings. The first-order valence-electron chi connectivity index (χ1n) is 8.14. The number of hydrogen-bond acceptors (Lipinski definition) is 4. The Morgan fingerprint density at radius 3 is 2.68 bits per heavy atom. The highest BCUT2D eigenvalue weighted by molar-refractivity contribution is 6.32. The number of hydrogen-bond donors (Lipinski definition) is 1. The summed E-state index contributed by atoms with van der Waals surface area (Å²) in [5.74, 6) is 1.28. The lowest BCUT2D eigenvalue weighted by Crippen LogP contribution is -2.29. The van der Waals surface area contributed by atoms with Gasteiger partial charge in [-0.1, -0.05) is 35.9 Å². The van der Waals surface area contributed by atoms with Crippen LogP contribution in [-0.2, 0) is 0 Å². The maximum atomic E-state index is 10.9. The predicted octanol–water partition coefficient (Wildman–Crippen LogP) is 5.08. The Hall–Kier alpha value is -2.53. The molecular formula is C19H17ClN2O3. The van der Waals surface area contributed by atoms with E-state index in [1.807, 2.05) is 24.3 Å².